The molecule has 1 aromatic heterocycles. The van der Waals surface area contributed by atoms with E-state index in [2.05, 4.69) is 10.3 Å². The van der Waals surface area contributed by atoms with Gasteiger partial charge in [-0.15, -0.1) is 11.3 Å². The van der Waals surface area contributed by atoms with Crippen molar-refractivity contribution in [3.8, 4) is 0 Å². The summed E-state index contributed by atoms with van der Waals surface area (Å²) in [6, 6.07) is 0.148. The third kappa shape index (κ3) is 3.14. The zero-order valence-electron chi connectivity index (χ0n) is 9.91. The summed E-state index contributed by atoms with van der Waals surface area (Å²) >= 11 is 6.52. The number of aryl methyl sites for hydroxylation is 1. The highest BCUT2D eigenvalue weighted by atomic mass is 32.1. The zero-order chi connectivity index (χ0) is 12.4. The number of hydrogen-bond acceptors (Lipinski definition) is 4. The smallest absolute Gasteiger partial charge is 0.225 e. The monoisotopic (exact) mass is 272 g/mol. The van der Waals surface area contributed by atoms with E-state index in [4.69, 9.17) is 17.0 Å². The van der Waals surface area contributed by atoms with Crippen molar-refractivity contribution in [3.05, 3.63) is 14.5 Å². The fourth-order valence-electron chi connectivity index (χ4n) is 1.93. The van der Waals surface area contributed by atoms with Crippen molar-refractivity contribution < 1.29 is 9.53 Å². The second-order valence-electron chi connectivity index (χ2n) is 4.28. The molecule has 0 saturated carbocycles. The summed E-state index contributed by atoms with van der Waals surface area (Å²) in [5.74, 6) is 0.0423. The Hall–Kier alpha value is -0.720. The third-order valence-electron chi connectivity index (χ3n) is 2.97. The van der Waals surface area contributed by atoms with Gasteiger partial charge in [-0.25, -0.2) is 0 Å². The minimum absolute atomic E-state index is 0.0423. The fraction of sp³-hybridized carbons (Fsp3) is 0.636. The summed E-state index contributed by atoms with van der Waals surface area (Å²) in [4.78, 5) is 15.9. The van der Waals surface area contributed by atoms with Gasteiger partial charge in [0.2, 0.25) is 5.91 Å². The van der Waals surface area contributed by atoms with Gasteiger partial charge < -0.3 is 15.0 Å². The van der Waals surface area contributed by atoms with Crippen LogP contribution in [0.25, 0.3) is 0 Å². The highest BCUT2D eigenvalue weighted by Gasteiger charge is 2.25. The molecule has 1 saturated heterocycles. The molecule has 2 rings (SSSR count). The topological polar surface area (TPSA) is 54.1 Å². The van der Waals surface area contributed by atoms with Crippen molar-refractivity contribution in [3.63, 3.8) is 0 Å². The van der Waals surface area contributed by atoms with Gasteiger partial charge in [-0.1, -0.05) is 0 Å². The lowest BCUT2D eigenvalue weighted by Gasteiger charge is -2.15. The van der Waals surface area contributed by atoms with E-state index in [0.717, 1.165) is 27.6 Å². The number of aromatic amines is 1. The van der Waals surface area contributed by atoms with E-state index in [1.165, 1.54) is 11.3 Å². The highest BCUT2D eigenvalue weighted by Crippen LogP contribution is 2.16. The summed E-state index contributed by atoms with van der Waals surface area (Å²) in [5, 5.41) is 3.01. The first kappa shape index (κ1) is 12.7. The molecular weight excluding hydrogens is 256 g/mol. The van der Waals surface area contributed by atoms with Gasteiger partial charge in [-0.05, 0) is 32.5 Å². The number of carbonyl (C=O) groups is 1. The molecule has 0 aromatic carbocycles. The molecule has 1 fully saturated rings. The Morgan fingerprint density at radius 1 is 1.71 bits per heavy atom. The summed E-state index contributed by atoms with van der Waals surface area (Å²) in [7, 11) is 0. The van der Waals surface area contributed by atoms with Crippen LogP contribution in [0.4, 0.5) is 0 Å². The van der Waals surface area contributed by atoms with E-state index in [1.807, 2.05) is 13.8 Å². The van der Waals surface area contributed by atoms with Gasteiger partial charge >= 0.3 is 0 Å². The fourth-order valence-corrected chi connectivity index (χ4v) is 3.22. The minimum atomic E-state index is 0.0423. The van der Waals surface area contributed by atoms with Crippen LogP contribution in [0.3, 0.4) is 0 Å². The molecule has 2 atom stereocenters. The van der Waals surface area contributed by atoms with Crippen LogP contribution in [0.2, 0.25) is 0 Å². The van der Waals surface area contributed by atoms with Crippen LogP contribution < -0.4 is 5.32 Å². The molecule has 17 heavy (non-hydrogen) atoms. The molecule has 0 unspecified atom stereocenters. The lowest BCUT2D eigenvalue weighted by molar-refractivity contribution is -0.121. The Labute approximate surface area is 109 Å². The van der Waals surface area contributed by atoms with Crippen LogP contribution in [0.1, 0.15) is 23.9 Å². The zero-order valence-corrected chi connectivity index (χ0v) is 11.5. The minimum Gasteiger partial charge on any atom is -0.376 e. The van der Waals surface area contributed by atoms with Gasteiger partial charge in [0.1, 0.15) is 0 Å². The molecular formula is C11H16N2O2S2. The van der Waals surface area contributed by atoms with E-state index < -0.39 is 0 Å². The maximum Gasteiger partial charge on any atom is 0.225 e. The first-order valence-electron chi connectivity index (χ1n) is 5.66. The summed E-state index contributed by atoms with van der Waals surface area (Å²) in [6.45, 7) is 4.66. The molecule has 0 spiro atoms. The molecule has 2 N–H and O–H groups in total. The average Bonchev–Trinajstić information content (AvgIpc) is 2.75. The first-order valence-corrected chi connectivity index (χ1v) is 6.88. The van der Waals surface area contributed by atoms with Crippen LogP contribution >= 0.6 is 23.6 Å². The number of ether oxygens (including phenoxy) is 1. The van der Waals surface area contributed by atoms with Gasteiger partial charge in [0.15, 0.2) is 3.95 Å². The Bertz CT molecular complexity index is 466. The lowest BCUT2D eigenvalue weighted by Crippen LogP contribution is -2.39. The van der Waals surface area contributed by atoms with E-state index in [9.17, 15) is 4.79 Å². The SMILES string of the molecule is Cc1[nH]c(=S)sc1CC(=O)N[C@@H]1CCO[C@H]1C. The molecule has 2 heterocycles. The van der Waals surface area contributed by atoms with Gasteiger partial charge in [0.25, 0.3) is 0 Å². The largest absolute Gasteiger partial charge is 0.376 e. The standard InChI is InChI=1S/C11H16N2O2S2/c1-6-9(17-11(16)12-6)5-10(14)13-8-3-4-15-7(8)2/h7-8H,3-5H2,1-2H3,(H,12,16)(H,13,14)/t7-,8+/m0/s1. The van der Waals surface area contributed by atoms with Crippen LogP contribution in [-0.4, -0.2) is 29.6 Å². The van der Waals surface area contributed by atoms with Crippen molar-refractivity contribution in [1.82, 2.24) is 10.3 Å². The molecule has 1 aromatic rings. The number of amides is 1. The quantitative estimate of drug-likeness (QED) is 0.827. The van der Waals surface area contributed by atoms with Gasteiger partial charge in [0.05, 0.1) is 18.6 Å². The molecule has 4 nitrogen and oxygen atoms in total. The van der Waals surface area contributed by atoms with E-state index in [1.54, 1.807) is 0 Å². The molecule has 1 aliphatic heterocycles. The van der Waals surface area contributed by atoms with Crippen molar-refractivity contribution in [1.29, 1.82) is 0 Å². The van der Waals surface area contributed by atoms with Crippen molar-refractivity contribution >= 4 is 29.5 Å². The predicted octanol–water partition coefficient (Wildman–Crippen LogP) is 1.95. The highest BCUT2D eigenvalue weighted by molar-refractivity contribution is 7.73. The summed E-state index contributed by atoms with van der Waals surface area (Å²) < 4.78 is 6.13. The van der Waals surface area contributed by atoms with Crippen molar-refractivity contribution in [2.24, 2.45) is 0 Å². The number of H-pyrrole nitrogens is 1. The second-order valence-corrected chi connectivity index (χ2v) is 6.05. The number of thiazole rings is 1. The maximum atomic E-state index is 11.9. The normalized spacial score (nSPS) is 23.9. The van der Waals surface area contributed by atoms with Crippen molar-refractivity contribution in [2.45, 2.75) is 38.8 Å². The first-order chi connectivity index (χ1) is 8.06. The van der Waals surface area contributed by atoms with Crippen LogP contribution in [0.5, 0.6) is 0 Å². The molecule has 0 radical (unpaired) electrons. The van der Waals surface area contributed by atoms with E-state index >= 15 is 0 Å². The Morgan fingerprint density at radius 3 is 3.00 bits per heavy atom. The van der Waals surface area contributed by atoms with Crippen LogP contribution in [0.15, 0.2) is 0 Å². The summed E-state index contributed by atoms with van der Waals surface area (Å²) in [6.07, 6.45) is 1.41. The molecule has 0 aliphatic carbocycles. The lowest BCUT2D eigenvalue weighted by atomic mass is 10.1. The Balaban J connectivity index is 1.93. The molecule has 1 amide bonds. The number of hydrogen-bond donors (Lipinski definition) is 2. The maximum absolute atomic E-state index is 11.9. The summed E-state index contributed by atoms with van der Waals surface area (Å²) in [5.41, 5.74) is 0.992. The van der Waals surface area contributed by atoms with Gasteiger partial charge in [-0.2, -0.15) is 0 Å². The Kier molecular flexibility index (Phi) is 3.96. The number of carbonyl (C=O) groups excluding carboxylic acids is 1. The average molecular weight is 272 g/mol. The molecule has 1 aliphatic rings. The van der Waals surface area contributed by atoms with Crippen molar-refractivity contribution in [2.75, 3.05) is 6.61 Å². The third-order valence-corrected chi connectivity index (χ3v) is 4.30. The number of nitrogens with one attached hydrogen (secondary N) is 2. The molecule has 0 bridgehead atoms. The van der Waals surface area contributed by atoms with Gasteiger partial charge in [-0.3, -0.25) is 4.79 Å². The number of rotatable bonds is 3. The molecule has 94 valence electrons. The van der Waals surface area contributed by atoms with Crippen LogP contribution in [-0.2, 0) is 16.0 Å². The Morgan fingerprint density at radius 2 is 2.47 bits per heavy atom. The number of aromatic nitrogens is 1. The predicted molar refractivity (Wildman–Crippen MR) is 69.9 cm³/mol. The van der Waals surface area contributed by atoms with E-state index in [0.29, 0.717) is 6.42 Å². The second kappa shape index (κ2) is 5.29. The van der Waals surface area contributed by atoms with E-state index in [-0.39, 0.29) is 18.1 Å². The van der Waals surface area contributed by atoms with Crippen LogP contribution in [0, 0.1) is 10.9 Å². The van der Waals surface area contributed by atoms with Gasteiger partial charge in [0, 0.05) is 17.2 Å². The molecule has 6 heteroatoms.